The lowest BCUT2D eigenvalue weighted by atomic mass is 9.93. The van der Waals surface area contributed by atoms with Crippen molar-refractivity contribution in [3.05, 3.63) is 101 Å². The molecule has 2 aromatic heterocycles. The fourth-order valence-electron chi connectivity index (χ4n) is 3.75. The number of fused-ring (bicyclic) bond motifs is 3. The lowest BCUT2D eigenvalue weighted by Gasteiger charge is -2.16. The van der Waals surface area contributed by atoms with Crippen LogP contribution < -0.4 is 0 Å². The Bertz CT molecular complexity index is 1330. The smallest absolute Gasteiger partial charge is 0.258 e. The van der Waals surface area contributed by atoms with Gasteiger partial charge in [-0.1, -0.05) is 60.7 Å². The second-order valence-electron chi connectivity index (χ2n) is 6.57. The van der Waals surface area contributed by atoms with Crippen molar-refractivity contribution < 1.29 is 4.92 Å². The predicted molar refractivity (Wildman–Crippen MR) is 110 cm³/mol. The summed E-state index contributed by atoms with van der Waals surface area (Å²) in [5.41, 5.74) is 4.84. The highest BCUT2D eigenvalue weighted by atomic mass is 16.6. The molecule has 5 rings (SSSR count). The Labute approximate surface area is 160 Å². The molecule has 28 heavy (non-hydrogen) atoms. The van der Waals surface area contributed by atoms with E-state index in [0.29, 0.717) is 0 Å². The average Bonchev–Trinajstić information content (AvgIpc) is 3.23. The summed E-state index contributed by atoms with van der Waals surface area (Å²) >= 11 is 0. The zero-order valence-corrected chi connectivity index (χ0v) is 14.8. The van der Waals surface area contributed by atoms with Crippen molar-refractivity contribution in [2.75, 3.05) is 0 Å². The van der Waals surface area contributed by atoms with E-state index in [1.54, 1.807) is 18.3 Å². The first-order chi connectivity index (χ1) is 13.7. The first-order valence-electron chi connectivity index (χ1n) is 8.93. The zero-order chi connectivity index (χ0) is 19.1. The Hall–Kier alpha value is -3.99. The number of non-ortho nitro benzene ring substituents is 1. The van der Waals surface area contributed by atoms with Gasteiger partial charge in [0.25, 0.3) is 5.69 Å². The maximum atomic E-state index is 11.4. The van der Waals surface area contributed by atoms with Gasteiger partial charge in [0, 0.05) is 34.0 Å². The Morgan fingerprint density at radius 2 is 1.46 bits per heavy atom. The highest BCUT2D eigenvalue weighted by Gasteiger charge is 2.20. The van der Waals surface area contributed by atoms with Crippen molar-refractivity contribution in [2.45, 2.75) is 0 Å². The van der Waals surface area contributed by atoms with E-state index in [9.17, 15) is 10.1 Å². The third-order valence-corrected chi connectivity index (χ3v) is 4.96. The third kappa shape index (κ3) is 2.45. The molecule has 0 radical (unpaired) electrons. The Morgan fingerprint density at radius 1 is 0.786 bits per heavy atom. The summed E-state index contributed by atoms with van der Waals surface area (Å²) in [4.78, 5) is 11.1. The summed E-state index contributed by atoms with van der Waals surface area (Å²) < 4.78 is 1.92. The molecule has 0 fully saturated rings. The van der Waals surface area contributed by atoms with Crippen LogP contribution in [0.3, 0.4) is 0 Å². The number of nitrogens with zero attached hydrogens (tertiary/aromatic N) is 3. The van der Waals surface area contributed by atoms with Crippen LogP contribution in [0.4, 0.5) is 5.69 Å². The van der Waals surface area contributed by atoms with Crippen molar-refractivity contribution in [3.63, 3.8) is 0 Å². The largest absolute Gasteiger partial charge is 0.270 e. The molecule has 5 aromatic rings. The Morgan fingerprint density at radius 3 is 2.14 bits per heavy atom. The van der Waals surface area contributed by atoms with Gasteiger partial charge in [0.05, 0.1) is 22.3 Å². The van der Waals surface area contributed by atoms with Gasteiger partial charge in [-0.2, -0.15) is 5.10 Å². The van der Waals surface area contributed by atoms with Gasteiger partial charge in [-0.25, -0.2) is 4.52 Å². The first kappa shape index (κ1) is 16.2. The second kappa shape index (κ2) is 6.32. The quantitative estimate of drug-likeness (QED) is 0.303. The molecule has 0 aliphatic heterocycles. The monoisotopic (exact) mass is 365 g/mol. The van der Waals surface area contributed by atoms with E-state index in [-0.39, 0.29) is 10.6 Å². The van der Waals surface area contributed by atoms with E-state index in [2.05, 4.69) is 5.10 Å². The molecule has 0 amide bonds. The van der Waals surface area contributed by atoms with E-state index in [1.165, 1.54) is 0 Å². The Balaban J connectivity index is 2.03. The lowest BCUT2D eigenvalue weighted by molar-refractivity contribution is -0.384. The topological polar surface area (TPSA) is 60.4 Å². The number of pyridine rings is 1. The molecule has 0 N–H and O–H groups in total. The lowest BCUT2D eigenvalue weighted by Crippen LogP contribution is -2.00. The van der Waals surface area contributed by atoms with E-state index in [4.69, 9.17) is 0 Å². The molecule has 134 valence electrons. The summed E-state index contributed by atoms with van der Waals surface area (Å²) in [7, 11) is 0. The molecule has 5 nitrogen and oxygen atoms in total. The summed E-state index contributed by atoms with van der Waals surface area (Å²) in [5, 5.41) is 17.8. The van der Waals surface area contributed by atoms with Crippen LogP contribution in [0.25, 0.3) is 38.7 Å². The minimum absolute atomic E-state index is 0.0764. The van der Waals surface area contributed by atoms with Crippen molar-refractivity contribution in [1.82, 2.24) is 9.61 Å². The van der Waals surface area contributed by atoms with E-state index in [0.717, 1.165) is 38.7 Å². The van der Waals surface area contributed by atoms with Crippen LogP contribution in [0.15, 0.2) is 91.1 Å². The summed E-state index contributed by atoms with van der Waals surface area (Å²) in [5.74, 6) is 0. The first-order valence-corrected chi connectivity index (χ1v) is 8.93. The molecule has 0 bridgehead atoms. The van der Waals surface area contributed by atoms with Gasteiger partial charge < -0.3 is 0 Å². The molecule has 0 saturated heterocycles. The third-order valence-electron chi connectivity index (χ3n) is 4.96. The van der Waals surface area contributed by atoms with Crippen LogP contribution in [0.5, 0.6) is 0 Å². The van der Waals surface area contributed by atoms with Gasteiger partial charge in [-0.05, 0) is 17.7 Å². The fraction of sp³-hybridized carbons (Fsp3) is 0. The number of rotatable bonds is 3. The van der Waals surface area contributed by atoms with Crippen molar-refractivity contribution in [3.8, 4) is 22.4 Å². The highest BCUT2D eigenvalue weighted by Crippen LogP contribution is 2.40. The fourth-order valence-corrected chi connectivity index (χ4v) is 3.75. The molecule has 3 aromatic carbocycles. The van der Waals surface area contributed by atoms with Crippen LogP contribution in [0.1, 0.15) is 0 Å². The van der Waals surface area contributed by atoms with Crippen LogP contribution in [0.2, 0.25) is 0 Å². The van der Waals surface area contributed by atoms with E-state index < -0.39 is 0 Å². The summed E-state index contributed by atoms with van der Waals surface area (Å²) in [6.45, 7) is 0. The Kier molecular flexibility index (Phi) is 3.66. The molecular weight excluding hydrogens is 350 g/mol. The molecule has 0 atom stereocenters. The number of nitro benzene ring substituents is 1. The van der Waals surface area contributed by atoms with Gasteiger partial charge in [0.2, 0.25) is 0 Å². The normalized spacial score (nSPS) is 11.1. The second-order valence-corrected chi connectivity index (χ2v) is 6.57. The molecule has 0 unspecified atom stereocenters. The number of nitro groups is 1. The average molecular weight is 365 g/mol. The maximum absolute atomic E-state index is 11.4. The molecule has 5 heteroatoms. The summed E-state index contributed by atoms with van der Waals surface area (Å²) in [6.07, 6.45) is 1.76. The highest BCUT2D eigenvalue weighted by molar-refractivity contribution is 6.10. The number of hydrogen-bond donors (Lipinski definition) is 0. The molecular formula is C23H15N3O2. The van der Waals surface area contributed by atoms with Crippen molar-refractivity contribution >= 4 is 22.0 Å². The molecule has 2 heterocycles. The van der Waals surface area contributed by atoms with Crippen LogP contribution >= 0.6 is 0 Å². The van der Waals surface area contributed by atoms with Gasteiger partial charge >= 0.3 is 0 Å². The van der Waals surface area contributed by atoms with Crippen molar-refractivity contribution in [2.24, 2.45) is 0 Å². The molecule has 0 spiro atoms. The maximum Gasteiger partial charge on any atom is 0.270 e. The minimum Gasteiger partial charge on any atom is -0.258 e. The van der Waals surface area contributed by atoms with Crippen LogP contribution in [-0.4, -0.2) is 14.5 Å². The molecule has 0 aliphatic rings. The van der Waals surface area contributed by atoms with Crippen molar-refractivity contribution in [1.29, 1.82) is 0 Å². The van der Waals surface area contributed by atoms with Gasteiger partial charge in [-0.15, -0.1) is 0 Å². The van der Waals surface area contributed by atoms with E-state index in [1.807, 2.05) is 77.3 Å². The molecule has 0 aliphatic carbocycles. The zero-order valence-electron chi connectivity index (χ0n) is 14.8. The van der Waals surface area contributed by atoms with E-state index >= 15 is 0 Å². The number of benzene rings is 3. The standard InChI is InChI=1S/C23H15N3O2/c27-26(28)18-11-12-19-20(15-18)22(16-7-3-1-4-8-16)23(17-9-5-2-6-10-17)25-21(19)13-14-24-25/h1-15H. The number of aromatic nitrogens is 2. The predicted octanol–water partition coefficient (Wildman–Crippen LogP) is 5.73. The number of hydrogen-bond acceptors (Lipinski definition) is 3. The van der Waals surface area contributed by atoms with Crippen LogP contribution in [0, 0.1) is 10.1 Å². The summed E-state index contributed by atoms with van der Waals surface area (Å²) in [6, 6.07) is 26.9. The SMILES string of the molecule is O=[N+]([O-])c1ccc2c(c1)c(-c1ccccc1)c(-c1ccccc1)n1nccc21. The van der Waals surface area contributed by atoms with Gasteiger partial charge in [0.1, 0.15) is 0 Å². The van der Waals surface area contributed by atoms with Gasteiger partial charge in [0.15, 0.2) is 0 Å². The van der Waals surface area contributed by atoms with Crippen LogP contribution in [-0.2, 0) is 0 Å². The minimum atomic E-state index is -0.350. The van der Waals surface area contributed by atoms with Gasteiger partial charge in [-0.3, -0.25) is 10.1 Å². The molecule has 0 saturated carbocycles.